The maximum Gasteiger partial charge on any atom is 0.332 e. The Morgan fingerprint density at radius 2 is 1.51 bits per heavy atom. The second kappa shape index (κ2) is 11.6. The summed E-state index contributed by atoms with van der Waals surface area (Å²) in [5, 5.41) is 2.42. The summed E-state index contributed by atoms with van der Waals surface area (Å²) >= 11 is 0. The third-order valence-corrected chi connectivity index (χ3v) is 5.25. The summed E-state index contributed by atoms with van der Waals surface area (Å²) in [5.74, 6) is -2.39. The van der Waals surface area contributed by atoms with E-state index in [1.54, 1.807) is 55.5 Å². The minimum atomic E-state index is -0.855. The molecule has 35 heavy (non-hydrogen) atoms. The van der Waals surface area contributed by atoms with Gasteiger partial charge in [0, 0.05) is 6.54 Å². The predicted molar refractivity (Wildman–Crippen MR) is 129 cm³/mol. The average Bonchev–Trinajstić information content (AvgIpc) is 2.85. The third-order valence-electron chi connectivity index (χ3n) is 5.25. The van der Waals surface area contributed by atoms with Crippen LogP contribution < -0.4 is 22.3 Å². The molecular formula is C25H26N4O6. The number of ketones is 1. The SMILES string of the molecule is CCn1c(=O)c(C(=O)COC(=O)CNC(=O)Cc2ccccc2)c(N)n(Cc2ccccc2)c1=O. The van der Waals surface area contributed by atoms with Gasteiger partial charge in [0.15, 0.2) is 6.61 Å². The number of aromatic nitrogens is 2. The molecule has 0 bridgehead atoms. The highest BCUT2D eigenvalue weighted by atomic mass is 16.5. The normalized spacial score (nSPS) is 10.5. The maximum atomic E-state index is 12.8. The van der Waals surface area contributed by atoms with Gasteiger partial charge in [-0.15, -0.1) is 0 Å². The Morgan fingerprint density at radius 3 is 2.11 bits per heavy atom. The number of anilines is 1. The van der Waals surface area contributed by atoms with Crippen LogP contribution in [0.3, 0.4) is 0 Å². The molecule has 0 aliphatic rings. The number of hydrogen-bond donors (Lipinski definition) is 2. The summed E-state index contributed by atoms with van der Waals surface area (Å²) in [4.78, 5) is 62.3. The molecule has 0 atom stereocenters. The summed E-state index contributed by atoms with van der Waals surface area (Å²) in [6.07, 6.45) is 0.0864. The van der Waals surface area contributed by atoms with Gasteiger partial charge in [-0.2, -0.15) is 0 Å². The number of amides is 1. The number of carbonyl (C=O) groups excluding carboxylic acids is 3. The molecule has 0 saturated heterocycles. The van der Waals surface area contributed by atoms with Crippen molar-refractivity contribution in [2.24, 2.45) is 0 Å². The molecule has 1 aromatic heterocycles. The summed E-state index contributed by atoms with van der Waals surface area (Å²) in [6.45, 7) is 0.471. The summed E-state index contributed by atoms with van der Waals surface area (Å²) in [6, 6.07) is 17.9. The van der Waals surface area contributed by atoms with E-state index < -0.39 is 41.7 Å². The van der Waals surface area contributed by atoms with Crippen molar-refractivity contribution in [1.29, 1.82) is 0 Å². The van der Waals surface area contributed by atoms with Crippen LogP contribution in [0.2, 0.25) is 0 Å². The number of nitrogens with two attached hydrogens (primary N) is 1. The van der Waals surface area contributed by atoms with Gasteiger partial charge in [0.25, 0.3) is 5.56 Å². The number of rotatable bonds is 10. The Balaban J connectivity index is 1.68. The number of benzene rings is 2. The highest BCUT2D eigenvalue weighted by molar-refractivity contribution is 6.01. The molecule has 3 N–H and O–H groups in total. The lowest BCUT2D eigenvalue weighted by atomic mass is 10.1. The first kappa shape index (κ1) is 25.2. The third kappa shape index (κ3) is 6.32. The highest BCUT2D eigenvalue weighted by Gasteiger charge is 2.23. The zero-order chi connectivity index (χ0) is 25.4. The van der Waals surface area contributed by atoms with Crippen LogP contribution in [0.15, 0.2) is 70.3 Å². The van der Waals surface area contributed by atoms with Crippen LogP contribution in [0, 0.1) is 0 Å². The molecule has 182 valence electrons. The number of nitrogens with zero attached hydrogens (tertiary/aromatic N) is 2. The Hall–Kier alpha value is -4.47. The van der Waals surface area contributed by atoms with E-state index in [-0.39, 0.29) is 31.2 Å². The topological polar surface area (TPSA) is 142 Å². The average molecular weight is 479 g/mol. The van der Waals surface area contributed by atoms with Gasteiger partial charge in [0.1, 0.15) is 17.9 Å². The first-order valence-electron chi connectivity index (χ1n) is 11.0. The van der Waals surface area contributed by atoms with Crippen molar-refractivity contribution < 1.29 is 19.1 Å². The number of Topliss-reactive ketones (excluding diaryl/α,β-unsaturated/α-hetero) is 1. The van der Waals surface area contributed by atoms with Crippen LogP contribution in [0.1, 0.15) is 28.4 Å². The standard InChI is InChI=1S/C25H26N4O6/c1-2-28-24(33)22(23(26)29(25(28)34)15-18-11-7-4-8-12-18)19(30)16-35-21(32)14-27-20(31)13-17-9-5-3-6-10-17/h3-12H,2,13-16,26H2,1H3,(H,27,31). The lowest BCUT2D eigenvalue weighted by molar-refractivity contribution is -0.142. The zero-order valence-electron chi connectivity index (χ0n) is 19.2. The number of ether oxygens (including phenoxy) is 1. The molecule has 3 rings (SSSR count). The maximum absolute atomic E-state index is 12.8. The van der Waals surface area contributed by atoms with E-state index in [2.05, 4.69) is 5.32 Å². The summed E-state index contributed by atoms with van der Waals surface area (Å²) in [5.41, 5.74) is 5.67. The monoisotopic (exact) mass is 478 g/mol. The second-order valence-electron chi connectivity index (χ2n) is 7.69. The molecule has 0 aliphatic heterocycles. The van der Waals surface area contributed by atoms with E-state index in [1.165, 1.54) is 0 Å². The molecule has 0 saturated carbocycles. The minimum absolute atomic E-state index is 0.0280. The van der Waals surface area contributed by atoms with E-state index in [9.17, 15) is 24.0 Å². The van der Waals surface area contributed by atoms with Crippen LogP contribution in [0.25, 0.3) is 0 Å². The van der Waals surface area contributed by atoms with Crippen molar-refractivity contribution in [3.63, 3.8) is 0 Å². The lowest BCUT2D eigenvalue weighted by Gasteiger charge is -2.16. The minimum Gasteiger partial charge on any atom is -0.456 e. The smallest absolute Gasteiger partial charge is 0.332 e. The molecule has 2 aromatic carbocycles. The first-order chi connectivity index (χ1) is 16.8. The van der Waals surface area contributed by atoms with Gasteiger partial charge in [-0.1, -0.05) is 60.7 Å². The van der Waals surface area contributed by atoms with E-state index in [0.717, 1.165) is 20.3 Å². The molecule has 0 radical (unpaired) electrons. The predicted octanol–water partition coefficient (Wildman–Crippen LogP) is 0.745. The van der Waals surface area contributed by atoms with Crippen molar-refractivity contribution in [2.75, 3.05) is 18.9 Å². The van der Waals surface area contributed by atoms with Crippen molar-refractivity contribution in [1.82, 2.24) is 14.5 Å². The fourth-order valence-corrected chi connectivity index (χ4v) is 3.46. The lowest BCUT2D eigenvalue weighted by Crippen LogP contribution is -2.44. The number of hydrogen-bond acceptors (Lipinski definition) is 7. The quantitative estimate of drug-likeness (QED) is 0.323. The van der Waals surface area contributed by atoms with Gasteiger partial charge in [0.2, 0.25) is 11.7 Å². The Kier molecular flexibility index (Phi) is 8.33. The van der Waals surface area contributed by atoms with Crippen LogP contribution in [-0.4, -0.2) is 39.9 Å². The summed E-state index contributed by atoms with van der Waals surface area (Å²) in [7, 11) is 0. The van der Waals surface area contributed by atoms with Crippen molar-refractivity contribution in [3.05, 3.63) is 98.2 Å². The molecule has 0 aliphatic carbocycles. The van der Waals surface area contributed by atoms with Crippen molar-refractivity contribution in [3.8, 4) is 0 Å². The molecular weight excluding hydrogens is 452 g/mol. The van der Waals surface area contributed by atoms with E-state index in [4.69, 9.17) is 10.5 Å². The first-order valence-corrected chi connectivity index (χ1v) is 11.0. The van der Waals surface area contributed by atoms with Gasteiger partial charge in [-0.05, 0) is 18.1 Å². The number of nitrogens with one attached hydrogen (secondary N) is 1. The fraction of sp³-hybridized carbons (Fsp3) is 0.240. The highest BCUT2D eigenvalue weighted by Crippen LogP contribution is 2.10. The van der Waals surface area contributed by atoms with Crippen LogP contribution in [0.4, 0.5) is 5.82 Å². The van der Waals surface area contributed by atoms with Crippen molar-refractivity contribution in [2.45, 2.75) is 26.4 Å². The molecule has 0 spiro atoms. The van der Waals surface area contributed by atoms with Gasteiger partial charge >= 0.3 is 11.7 Å². The number of esters is 1. The van der Waals surface area contributed by atoms with Gasteiger partial charge in [-0.25, -0.2) is 4.79 Å². The van der Waals surface area contributed by atoms with Crippen LogP contribution >= 0.6 is 0 Å². The van der Waals surface area contributed by atoms with Crippen LogP contribution in [0.5, 0.6) is 0 Å². The zero-order valence-corrected chi connectivity index (χ0v) is 19.2. The molecule has 10 nitrogen and oxygen atoms in total. The molecule has 10 heteroatoms. The molecule has 0 fully saturated rings. The molecule has 1 amide bonds. The van der Waals surface area contributed by atoms with Crippen molar-refractivity contribution >= 4 is 23.5 Å². The van der Waals surface area contributed by atoms with E-state index in [0.29, 0.717) is 0 Å². The van der Waals surface area contributed by atoms with Gasteiger partial charge in [-0.3, -0.25) is 28.3 Å². The fourth-order valence-electron chi connectivity index (χ4n) is 3.46. The number of carbonyl (C=O) groups is 3. The summed E-state index contributed by atoms with van der Waals surface area (Å²) < 4.78 is 6.98. The number of nitrogen functional groups attached to an aromatic ring is 1. The molecule has 1 heterocycles. The Morgan fingerprint density at radius 1 is 0.914 bits per heavy atom. The Labute approximate surface area is 201 Å². The Bertz CT molecular complexity index is 1330. The second-order valence-corrected chi connectivity index (χ2v) is 7.69. The largest absolute Gasteiger partial charge is 0.456 e. The molecule has 3 aromatic rings. The van der Waals surface area contributed by atoms with Crippen LogP contribution in [-0.2, 0) is 33.8 Å². The molecule has 0 unspecified atom stereocenters. The van der Waals surface area contributed by atoms with Gasteiger partial charge < -0.3 is 15.8 Å². The van der Waals surface area contributed by atoms with Gasteiger partial charge in [0.05, 0.1) is 13.0 Å². The van der Waals surface area contributed by atoms with E-state index in [1.807, 2.05) is 12.1 Å². The van der Waals surface area contributed by atoms with E-state index >= 15 is 0 Å².